The van der Waals surface area contributed by atoms with Gasteiger partial charge in [-0.2, -0.15) is 0 Å². The number of carbonyl (C=O) groups is 1. The molecule has 0 unspecified atom stereocenters. The van der Waals surface area contributed by atoms with Crippen molar-refractivity contribution in [2.75, 3.05) is 32.6 Å². The maximum atomic E-state index is 13.4. The summed E-state index contributed by atoms with van der Waals surface area (Å²) in [6, 6.07) is 16.8. The molecule has 1 aliphatic rings. The Balaban J connectivity index is 0.000000432. The van der Waals surface area contributed by atoms with Gasteiger partial charge in [0.25, 0.3) is 0 Å². The van der Waals surface area contributed by atoms with E-state index >= 15 is 0 Å². The van der Waals surface area contributed by atoms with Crippen molar-refractivity contribution in [1.82, 2.24) is 4.90 Å². The zero-order chi connectivity index (χ0) is 29.9. The van der Waals surface area contributed by atoms with Crippen LogP contribution in [0.5, 0.6) is 0 Å². The predicted molar refractivity (Wildman–Crippen MR) is 164 cm³/mol. The number of carbonyl (C=O) groups excluding carboxylic acids is 1. The third kappa shape index (κ3) is 9.57. The molecule has 2 aromatic carbocycles. The Morgan fingerprint density at radius 2 is 1.75 bits per heavy atom. The highest BCUT2D eigenvalue weighted by Crippen LogP contribution is 2.28. The summed E-state index contributed by atoms with van der Waals surface area (Å²) >= 11 is 0. The number of anilines is 1. The summed E-state index contributed by atoms with van der Waals surface area (Å²) in [5.74, 6) is 0.112. The molecule has 0 aliphatic heterocycles. The summed E-state index contributed by atoms with van der Waals surface area (Å²) in [6.07, 6.45) is 7.28. The Morgan fingerprint density at radius 1 is 1.12 bits per heavy atom. The number of allylic oxidation sites excluding steroid dienone is 3. The molecule has 0 fully saturated rings. The van der Waals surface area contributed by atoms with Crippen LogP contribution in [0, 0.1) is 0 Å². The lowest BCUT2D eigenvalue weighted by molar-refractivity contribution is -0.118. The van der Waals surface area contributed by atoms with Crippen LogP contribution in [0.2, 0.25) is 0 Å². The van der Waals surface area contributed by atoms with Crippen molar-refractivity contribution < 1.29 is 17.6 Å². The lowest BCUT2D eigenvalue weighted by Crippen LogP contribution is -2.41. The second-order valence-electron chi connectivity index (χ2n) is 9.91. The van der Waals surface area contributed by atoms with E-state index in [0.29, 0.717) is 13.0 Å². The molecule has 0 bridgehead atoms. The van der Waals surface area contributed by atoms with E-state index in [2.05, 4.69) is 60.5 Å². The Kier molecular flexibility index (Phi) is 12.5. The molecule has 7 nitrogen and oxygen atoms in total. The molecule has 0 radical (unpaired) electrons. The van der Waals surface area contributed by atoms with Gasteiger partial charge >= 0.3 is 0 Å². The number of nitrogens with two attached hydrogens (primary N) is 1. The average Bonchev–Trinajstić information content (AvgIpc) is 2.91. The van der Waals surface area contributed by atoms with Crippen LogP contribution in [-0.2, 0) is 27.7 Å². The Labute approximate surface area is 238 Å². The van der Waals surface area contributed by atoms with E-state index in [9.17, 15) is 17.6 Å². The van der Waals surface area contributed by atoms with Crippen LogP contribution < -0.4 is 10.0 Å². The number of amides is 1. The molecule has 2 aromatic rings. The molecule has 0 spiro atoms. The Hall–Kier alpha value is -3.56. The van der Waals surface area contributed by atoms with Gasteiger partial charge in [0.2, 0.25) is 15.9 Å². The van der Waals surface area contributed by atoms with E-state index in [1.54, 1.807) is 7.05 Å². The van der Waals surface area contributed by atoms with Crippen molar-refractivity contribution in [3.05, 3.63) is 101 Å². The molecule has 1 atom stereocenters. The Bertz CT molecular complexity index is 1350. The van der Waals surface area contributed by atoms with Crippen LogP contribution in [0.1, 0.15) is 48.8 Å². The molecule has 1 aliphatic carbocycles. The number of amidine groups is 1. The molecule has 2 N–H and O–H groups in total. The van der Waals surface area contributed by atoms with Crippen molar-refractivity contribution in [3.63, 3.8) is 0 Å². The number of fused-ring (bicyclic) bond motifs is 1. The molecule has 0 heterocycles. The fourth-order valence-corrected chi connectivity index (χ4v) is 5.08. The summed E-state index contributed by atoms with van der Waals surface area (Å²) < 4.78 is 33.3. The van der Waals surface area contributed by atoms with Gasteiger partial charge in [-0.15, -0.1) is 0 Å². The van der Waals surface area contributed by atoms with Gasteiger partial charge < -0.3 is 9.80 Å². The summed E-state index contributed by atoms with van der Waals surface area (Å²) in [7, 11) is 1.73. The first kappa shape index (κ1) is 32.7. The van der Waals surface area contributed by atoms with Crippen molar-refractivity contribution in [3.8, 4) is 0 Å². The van der Waals surface area contributed by atoms with Crippen molar-refractivity contribution in [2.45, 2.75) is 44.9 Å². The fourth-order valence-electron chi connectivity index (χ4n) is 4.48. The van der Waals surface area contributed by atoms with Crippen LogP contribution in [0.4, 0.5) is 10.1 Å². The number of primary sulfonamides is 1. The SMILES string of the molecule is C=C/C=C(\C(=C)F)S(N)(=O)=O.CN=C(CN(C(=O)C[C@H](C)c1ccccc1)c1ccc2c(c1)CCCC2)N(C)C. The van der Waals surface area contributed by atoms with E-state index in [4.69, 9.17) is 0 Å². The monoisotopic (exact) mass is 568 g/mol. The molecule has 216 valence electrons. The zero-order valence-corrected chi connectivity index (χ0v) is 24.8. The normalized spacial score (nSPS) is 14.2. The highest BCUT2D eigenvalue weighted by Gasteiger charge is 2.23. The van der Waals surface area contributed by atoms with Gasteiger partial charge in [-0.3, -0.25) is 9.79 Å². The highest BCUT2D eigenvalue weighted by molar-refractivity contribution is 7.93. The summed E-state index contributed by atoms with van der Waals surface area (Å²) in [4.78, 5) is 21.1. The van der Waals surface area contributed by atoms with E-state index < -0.39 is 20.8 Å². The van der Waals surface area contributed by atoms with Crippen molar-refractivity contribution in [1.29, 1.82) is 0 Å². The second kappa shape index (κ2) is 15.3. The van der Waals surface area contributed by atoms with Crippen LogP contribution in [0.25, 0.3) is 0 Å². The maximum Gasteiger partial charge on any atom is 0.240 e. The van der Waals surface area contributed by atoms with E-state index in [1.165, 1.54) is 29.5 Å². The third-order valence-electron chi connectivity index (χ3n) is 6.71. The van der Waals surface area contributed by atoms with E-state index in [1.807, 2.05) is 42.1 Å². The smallest absolute Gasteiger partial charge is 0.240 e. The molecule has 0 saturated carbocycles. The summed E-state index contributed by atoms with van der Waals surface area (Å²) in [5, 5.41) is 4.62. The molecular formula is C31H41FN4O3S. The molecule has 0 saturated heterocycles. The number of rotatable bonds is 9. The quantitative estimate of drug-likeness (QED) is 0.245. The van der Waals surface area contributed by atoms with Gasteiger partial charge in [0.1, 0.15) is 16.6 Å². The average molecular weight is 569 g/mol. The number of sulfonamides is 1. The van der Waals surface area contributed by atoms with Crippen LogP contribution in [-0.4, -0.2) is 52.7 Å². The lowest BCUT2D eigenvalue weighted by atomic mass is 9.91. The molecule has 40 heavy (non-hydrogen) atoms. The molecule has 1 amide bonds. The lowest BCUT2D eigenvalue weighted by Gasteiger charge is -2.29. The predicted octanol–water partition coefficient (Wildman–Crippen LogP) is 5.51. The minimum atomic E-state index is -4.01. The topological polar surface area (TPSA) is 96.1 Å². The van der Waals surface area contributed by atoms with Crippen LogP contribution in [0.15, 0.2) is 89.6 Å². The molecular weight excluding hydrogens is 527 g/mol. The minimum absolute atomic E-state index is 0.139. The summed E-state index contributed by atoms with van der Waals surface area (Å²) in [5.41, 5.74) is 5.01. The number of halogens is 1. The van der Waals surface area contributed by atoms with Gasteiger partial charge in [0.05, 0.1) is 6.54 Å². The van der Waals surface area contributed by atoms with E-state index in [0.717, 1.165) is 36.5 Å². The summed E-state index contributed by atoms with van der Waals surface area (Å²) in [6.45, 7) is 8.60. The number of likely N-dealkylation sites (N-methyl/N-ethyl adjacent to an activating group) is 1. The van der Waals surface area contributed by atoms with Crippen LogP contribution in [0.3, 0.4) is 0 Å². The van der Waals surface area contributed by atoms with E-state index in [-0.39, 0.29) is 11.8 Å². The zero-order valence-electron chi connectivity index (χ0n) is 23.9. The van der Waals surface area contributed by atoms with Crippen molar-refractivity contribution in [2.24, 2.45) is 10.1 Å². The molecule has 9 heteroatoms. The number of hydrogen-bond acceptors (Lipinski definition) is 4. The first-order valence-corrected chi connectivity index (χ1v) is 14.7. The number of benzene rings is 2. The third-order valence-corrected chi connectivity index (χ3v) is 7.68. The molecule has 0 aromatic heterocycles. The largest absolute Gasteiger partial charge is 0.365 e. The highest BCUT2D eigenvalue weighted by atomic mass is 32.2. The first-order chi connectivity index (χ1) is 18.9. The standard InChI is InChI=1S/C25H33N3O.C6H8FNO2S/c1-19(20-10-6-5-7-11-20)16-25(29)28(18-24(26-2)27(3)4)23-15-14-21-12-8-9-13-22(21)17-23;1-3-4-6(5(2)7)11(8,9)10/h5-7,10-11,14-15,17,19H,8-9,12-13,16,18H2,1-4H3;3-4H,1-2H2,(H2,8,9,10)/b;6-4+/t19-;/m0./s1. The Morgan fingerprint density at radius 3 is 2.25 bits per heavy atom. The number of hydrogen-bond donors (Lipinski definition) is 1. The van der Waals surface area contributed by atoms with Gasteiger partial charge in [-0.1, -0.05) is 62.6 Å². The van der Waals surface area contributed by atoms with Gasteiger partial charge in [-0.25, -0.2) is 17.9 Å². The van der Waals surface area contributed by atoms with Gasteiger partial charge in [-0.05, 0) is 66.5 Å². The minimum Gasteiger partial charge on any atom is -0.365 e. The fraction of sp³-hybridized carbons (Fsp3) is 0.355. The molecule has 3 rings (SSSR count). The number of nitrogens with zero attached hydrogens (tertiary/aromatic N) is 3. The first-order valence-electron chi connectivity index (χ1n) is 13.2. The van der Waals surface area contributed by atoms with Gasteiger partial charge in [0, 0.05) is 33.3 Å². The van der Waals surface area contributed by atoms with Crippen molar-refractivity contribution >= 4 is 27.5 Å². The number of aryl methyl sites for hydroxylation is 2. The number of aliphatic imine (C=N–C) groups is 1. The second-order valence-corrected chi connectivity index (χ2v) is 11.4. The maximum absolute atomic E-state index is 13.4. The van der Waals surface area contributed by atoms with Gasteiger partial charge in [0.15, 0.2) is 0 Å². The van der Waals surface area contributed by atoms with Crippen LogP contribution >= 0.6 is 0 Å².